The minimum atomic E-state index is -1.29. The van der Waals surface area contributed by atoms with Crippen LogP contribution in [0.5, 0.6) is 0 Å². The van der Waals surface area contributed by atoms with E-state index in [1.807, 2.05) is 0 Å². The second-order valence-corrected chi connectivity index (χ2v) is 4.36. The normalized spacial score (nSPS) is 12.0. The van der Waals surface area contributed by atoms with Gasteiger partial charge in [0.1, 0.15) is 12.6 Å². The largest absolute Gasteiger partial charge is 0.544 e. The number of carboxylic acid groups (broad SMARTS) is 3. The van der Waals surface area contributed by atoms with Gasteiger partial charge in [-0.2, -0.15) is 0 Å². The molecule has 0 aromatic rings. The smallest absolute Gasteiger partial charge is 0.321 e. The van der Waals surface area contributed by atoms with Crippen molar-refractivity contribution >= 4 is 17.9 Å². The lowest BCUT2D eigenvalue weighted by atomic mass is 10.2. The summed E-state index contributed by atoms with van der Waals surface area (Å²) in [6, 6.07) is -1.29. The van der Waals surface area contributed by atoms with Crippen molar-refractivity contribution in [2.45, 2.75) is 12.5 Å². The number of aliphatic carboxylic acids is 3. The van der Waals surface area contributed by atoms with Gasteiger partial charge in [0.05, 0.1) is 33.5 Å². The predicted octanol–water partition coefficient (Wildman–Crippen LogP) is -2.68. The Morgan fingerprint density at radius 3 is 1.71 bits per heavy atom. The lowest BCUT2D eigenvalue weighted by Gasteiger charge is -2.23. The zero-order valence-corrected chi connectivity index (χ0v) is 10.0. The van der Waals surface area contributed by atoms with E-state index in [1.165, 1.54) is 0 Å². The molecule has 1 atom stereocenters. The number of carbonyl (C=O) groups excluding carboxylic acids is 1. The van der Waals surface area contributed by atoms with Crippen LogP contribution in [0.3, 0.4) is 0 Å². The van der Waals surface area contributed by atoms with Crippen LogP contribution in [0.1, 0.15) is 6.42 Å². The molecule has 4 N–H and O–H groups in total. The summed E-state index contributed by atoms with van der Waals surface area (Å²) in [4.78, 5) is 29.5. The summed E-state index contributed by atoms with van der Waals surface area (Å²) >= 11 is 0. The zero-order valence-electron chi connectivity index (χ0n) is 10.0. The Bertz CT molecular complexity index is 284. The maximum Gasteiger partial charge on any atom is 0.321 e. The number of hydrogen-bond donors (Lipinski definition) is 3. The highest BCUT2D eigenvalue weighted by molar-refractivity contribution is 5.80. The molecule has 0 heterocycles. The van der Waals surface area contributed by atoms with Gasteiger partial charge < -0.3 is 30.3 Å². The van der Waals surface area contributed by atoms with E-state index in [0.717, 1.165) is 0 Å². The molecule has 0 aliphatic heterocycles. The third-order valence-corrected chi connectivity index (χ3v) is 1.32. The number of likely N-dealkylation sites (N-methyl/N-ethyl adjacent to an activating group) is 1. The van der Waals surface area contributed by atoms with Crippen molar-refractivity contribution in [1.29, 1.82) is 0 Å². The number of nitrogens with two attached hydrogens (primary N) is 1. The highest BCUT2D eigenvalue weighted by Crippen LogP contribution is 1.86. The van der Waals surface area contributed by atoms with Crippen molar-refractivity contribution in [1.82, 2.24) is 0 Å². The first-order valence-corrected chi connectivity index (χ1v) is 4.66. The summed E-state index contributed by atoms with van der Waals surface area (Å²) in [6.07, 6.45) is -0.532. The van der Waals surface area contributed by atoms with E-state index in [0.29, 0.717) is 4.48 Å². The van der Waals surface area contributed by atoms with Crippen molar-refractivity contribution in [2.24, 2.45) is 5.73 Å². The minimum Gasteiger partial charge on any atom is -0.544 e. The first-order chi connectivity index (χ1) is 7.45. The SMILES string of the molecule is C[N+](C)(C)CC(=O)[O-].NC(CC(=O)O)C(=O)O. The Morgan fingerprint density at radius 2 is 1.65 bits per heavy atom. The zero-order chi connectivity index (χ0) is 14.2. The van der Waals surface area contributed by atoms with Crippen LogP contribution in [0, 0.1) is 0 Å². The van der Waals surface area contributed by atoms with Crippen molar-refractivity contribution in [3.63, 3.8) is 0 Å². The molecule has 1 unspecified atom stereocenters. The number of quaternary nitrogens is 1. The number of rotatable bonds is 5. The Labute approximate surface area is 98.8 Å². The molecule has 0 fully saturated rings. The maximum atomic E-state index is 9.89. The molecule has 0 spiro atoms. The van der Waals surface area contributed by atoms with Crippen LogP contribution in [0.15, 0.2) is 0 Å². The summed E-state index contributed by atoms with van der Waals surface area (Å²) in [5, 5.41) is 25.9. The molecule has 0 amide bonds. The molecule has 100 valence electrons. The summed E-state index contributed by atoms with van der Waals surface area (Å²) < 4.78 is 0.419. The lowest BCUT2D eigenvalue weighted by Crippen LogP contribution is -2.45. The monoisotopic (exact) mass is 250 g/mol. The van der Waals surface area contributed by atoms with Crippen molar-refractivity contribution in [3.8, 4) is 0 Å². The third kappa shape index (κ3) is 17.0. The topological polar surface area (TPSA) is 141 Å². The molecule has 0 saturated carbocycles. The van der Waals surface area contributed by atoms with E-state index in [1.54, 1.807) is 21.1 Å². The minimum absolute atomic E-state index is 0.0694. The van der Waals surface area contributed by atoms with Crippen LogP contribution in [0.25, 0.3) is 0 Å². The molecule has 0 aliphatic carbocycles. The fourth-order valence-corrected chi connectivity index (χ4v) is 0.663. The second kappa shape index (κ2) is 7.58. The highest BCUT2D eigenvalue weighted by Gasteiger charge is 2.14. The van der Waals surface area contributed by atoms with Gasteiger partial charge in [0.25, 0.3) is 0 Å². The molecule has 0 bridgehead atoms. The Morgan fingerprint density at radius 1 is 1.24 bits per heavy atom. The van der Waals surface area contributed by atoms with Gasteiger partial charge in [0.2, 0.25) is 0 Å². The summed E-state index contributed by atoms with van der Waals surface area (Å²) in [7, 11) is 5.40. The molecule has 17 heavy (non-hydrogen) atoms. The Kier molecular flexibility index (Phi) is 7.90. The quantitative estimate of drug-likeness (QED) is 0.451. The van der Waals surface area contributed by atoms with E-state index in [4.69, 9.17) is 15.9 Å². The molecule has 0 aromatic heterocycles. The van der Waals surface area contributed by atoms with Crippen LogP contribution in [-0.4, -0.2) is 66.3 Å². The lowest BCUT2D eigenvalue weighted by molar-refractivity contribution is -0.864. The summed E-state index contributed by atoms with van der Waals surface area (Å²) in [6.45, 7) is 0.0694. The van der Waals surface area contributed by atoms with Gasteiger partial charge in [0, 0.05) is 0 Å². The number of hydrogen-bond acceptors (Lipinski definition) is 5. The van der Waals surface area contributed by atoms with E-state index >= 15 is 0 Å². The van der Waals surface area contributed by atoms with Crippen LogP contribution in [0.2, 0.25) is 0 Å². The van der Waals surface area contributed by atoms with Crippen LogP contribution in [0.4, 0.5) is 0 Å². The number of nitrogens with zero attached hydrogens (tertiary/aromatic N) is 1. The molecule has 0 radical (unpaired) electrons. The molecule has 0 saturated heterocycles. The van der Waals surface area contributed by atoms with Crippen LogP contribution >= 0.6 is 0 Å². The van der Waals surface area contributed by atoms with Crippen LogP contribution < -0.4 is 10.8 Å². The molecular weight excluding hydrogens is 232 g/mol. The fraction of sp³-hybridized carbons (Fsp3) is 0.667. The molecule has 8 heteroatoms. The number of carbonyl (C=O) groups is 3. The second-order valence-electron chi connectivity index (χ2n) is 4.36. The molecular formula is C9H18N2O6. The average molecular weight is 250 g/mol. The molecule has 0 aromatic carbocycles. The molecule has 0 rings (SSSR count). The Hall–Kier alpha value is -1.67. The van der Waals surface area contributed by atoms with E-state index in [9.17, 15) is 19.5 Å². The first-order valence-electron chi connectivity index (χ1n) is 4.66. The summed E-state index contributed by atoms with van der Waals surface area (Å²) in [5.74, 6) is -3.50. The average Bonchev–Trinajstić information content (AvgIpc) is 1.98. The van der Waals surface area contributed by atoms with E-state index in [-0.39, 0.29) is 6.54 Å². The van der Waals surface area contributed by atoms with Gasteiger partial charge in [-0.1, -0.05) is 0 Å². The van der Waals surface area contributed by atoms with Gasteiger partial charge >= 0.3 is 11.9 Å². The van der Waals surface area contributed by atoms with Crippen molar-refractivity contribution in [2.75, 3.05) is 27.7 Å². The van der Waals surface area contributed by atoms with Gasteiger partial charge in [-0.05, 0) is 0 Å². The predicted molar refractivity (Wildman–Crippen MR) is 55.8 cm³/mol. The van der Waals surface area contributed by atoms with Crippen LogP contribution in [-0.2, 0) is 14.4 Å². The first kappa shape index (κ1) is 17.7. The standard InChI is InChI=1S/C5H11NO2.C4H7NO4/c1-6(2,3)4-5(7)8;5-2(4(8)9)1-3(6)7/h4H2,1-3H3;2H,1,5H2,(H,6,7)(H,8,9). The Balaban J connectivity index is 0. The van der Waals surface area contributed by atoms with Crippen molar-refractivity contribution < 1.29 is 34.2 Å². The van der Waals surface area contributed by atoms with Gasteiger partial charge in [-0.25, -0.2) is 0 Å². The highest BCUT2D eigenvalue weighted by atomic mass is 16.4. The maximum absolute atomic E-state index is 9.89. The van der Waals surface area contributed by atoms with Crippen molar-refractivity contribution in [3.05, 3.63) is 0 Å². The third-order valence-electron chi connectivity index (χ3n) is 1.32. The van der Waals surface area contributed by atoms with Gasteiger partial charge in [-0.15, -0.1) is 0 Å². The van der Waals surface area contributed by atoms with Gasteiger partial charge in [-0.3, -0.25) is 9.59 Å². The number of carboxylic acids is 3. The fourth-order valence-electron chi connectivity index (χ4n) is 0.663. The van der Waals surface area contributed by atoms with E-state index in [2.05, 4.69) is 0 Å². The molecule has 0 aliphatic rings. The molecule has 8 nitrogen and oxygen atoms in total. The van der Waals surface area contributed by atoms with E-state index < -0.39 is 30.4 Å². The summed E-state index contributed by atoms with van der Waals surface area (Å²) in [5.41, 5.74) is 4.84. The van der Waals surface area contributed by atoms with Gasteiger partial charge in [0.15, 0.2) is 0 Å².